The van der Waals surface area contributed by atoms with Crippen molar-refractivity contribution in [3.05, 3.63) is 77.9 Å². The number of sulfonamides is 1. The second kappa shape index (κ2) is 13.5. The van der Waals surface area contributed by atoms with Gasteiger partial charge in [-0.05, 0) is 62.4 Å². The molecule has 1 aromatic heterocycles. The number of thiazole rings is 1. The van der Waals surface area contributed by atoms with Gasteiger partial charge in [0.25, 0.3) is 15.9 Å². The van der Waals surface area contributed by atoms with Gasteiger partial charge in [0.05, 0.1) is 16.2 Å². The second-order valence-corrected chi connectivity index (χ2v) is 12.3. The number of nitrogens with one attached hydrogen (secondary N) is 2. The van der Waals surface area contributed by atoms with E-state index < -0.39 is 10.0 Å². The van der Waals surface area contributed by atoms with E-state index in [4.69, 9.17) is 9.72 Å². The topological polar surface area (TPSA) is 104 Å². The van der Waals surface area contributed by atoms with Gasteiger partial charge in [0.1, 0.15) is 11.3 Å². The Balaban J connectivity index is 0.00000387. The highest BCUT2D eigenvalue weighted by molar-refractivity contribution is 7.92. The summed E-state index contributed by atoms with van der Waals surface area (Å²) in [5.74, 6) is 0.640. The third-order valence-corrected chi connectivity index (χ3v) is 9.24. The standard InChI is InChI=1S/C29H33N5O4S2.ClH/c1-3-38-25-5-4-6-26-27(25)31-29(39-26)34-19-17-33(18-20-34)16-15-30-28(35)22-9-11-23(12-10-22)32-40(36,37)24-13-7-21(2)8-14-24;/h4-14,32H,3,15-20H2,1-2H3,(H,30,35);1H. The fraction of sp³-hybridized carbons (Fsp3) is 0.310. The molecule has 1 saturated heterocycles. The molecule has 12 heteroatoms. The van der Waals surface area contributed by atoms with Crippen molar-refractivity contribution >= 4 is 60.7 Å². The fourth-order valence-corrected chi connectivity index (χ4v) is 6.63. The average molecular weight is 616 g/mol. The second-order valence-electron chi connectivity index (χ2n) is 9.61. The number of anilines is 2. The van der Waals surface area contributed by atoms with Crippen molar-refractivity contribution in [1.82, 2.24) is 15.2 Å². The Morgan fingerprint density at radius 1 is 1.00 bits per heavy atom. The molecular weight excluding hydrogens is 582 g/mol. The Labute approximate surface area is 251 Å². The number of hydrogen-bond acceptors (Lipinski definition) is 8. The number of fused-ring (bicyclic) bond motifs is 1. The zero-order valence-corrected chi connectivity index (χ0v) is 25.4. The van der Waals surface area contributed by atoms with Crippen LogP contribution in [0.3, 0.4) is 0 Å². The quantitative estimate of drug-likeness (QED) is 0.265. The number of rotatable bonds is 10. The summed E-state index contributed by atoms with van der Waals surface area (Å²) < 4.78 is 34.6. The van der Waals surface area contributed by atoms with Crippen molar-refractivity contribution in [2.45, 2.75) is 18.7 Å². The lowest BCUT2D eigenvalue weighted by atomic mass is 10.2. The molecule has 218 valence electrons. The molecule has 1 amide bonds. The van der Waals surface area contributed by atoms with E-state index in [0.717, 1.165) is 59.4 Å². The van der Waals surface area contributed by atoms with Gasteiger partial charge in [-0.15, -0.1) is 12.4 Å². The largest absolute Gasteiger partial charge is 0.492 e. The molecule has 2 heterocycles. The van der Waals surface area contributed by atoms with Gasteiger partial charge in [0.2, 0.25) is 0 Å². The lowest BCUT2D eigenvalue weighted by molar-refractivity contribution is 0.0948. The number of amides is 1. The molecule has 0 unspecified atom stereocenters. The molecule has 9 nitrogen and oxygen atoms in total. The van der Waals surface area contributed by atoms with Crippen LogP contribution >= 0.6 is 23.7 Å². The van der Waals surface area contributed by atoms with Crippen LogP contribution in [0.5, 0.6) is 5.75 Å². The first kappa shape index (κ1) is 30.6. The summed E-state index contributed by atoms with van der Waals surface area (Å²) in [6.45, 7) is 9.29. The summed E-state index contributed by atoms with van der Waals surface area (Å²) in [7, 11) is -3.69. The lowest BCUT2D eigenvalue weighted by Crippen LogP contribution is -2.48. The Bertz CT molecular complexity index is 1570. The smallest absolute Gasteiger partial charge is 0.261 e. The third-order valence-electron chi connectivity index (χ3n) is 6.76. The van der Waals surface area contributed by atoms with Crippen molar-refractivity contribution in [3.8, 4) is 5.75 Å². The molecule has 0 atom stereocenters. The zero-order chi connectivity index (χ0) is 28.1. The predicted molar refractivity (Wildman–Crippen MR) is 167 cm³/mol. The number of carbonyl (C=O) groups excluding carboxylic acids is 1. The van der Waals surface area contributed by atoms with E-state index in [1.165, 1.54) is 0 Å². The van der Waals surface area contributed by atoms with E-state index in [1.807, 2.05) is 26.0 Å². The summed E-state index contributed by atoms with van der Waals surface area (Å²) in [6, 6.07) is 19.1. The lowest BCUT2D eigenvalue weighted by Gasteiger charge is -2.34. The number of benzene rings is 3. The number of nitrogens with zero attached hydrogens (tertiary/aromatic N) is 3. The SMILES string of the molecule is CCOc1cccc2sc(N3CCN(CCNC(=O)c4ccc(NS(=O)(=O)c5ccc(C)cc5)cc4)CC3)nc12.Cl. The number of hydrogen-bond donors (Lipinski definition) is 2. The van der Waals surface area contributed by atoms with Crippen molar-refractivity contribution in [1.29, 1.82) is 0 Å². The van der Waals surface area contributed by atoms with Crippen molar-refractivity contribution < 1.29 is 17.9 Å². The minimum Gasteiger partial charge on any atom is -0.492 e. The van der Waals surface area contributed by atoms with Gasteiger partial charge in [0.15, 0.2) is 5.13 Å². The summed E-state index contributed by atoms with van der Waals surface area (Å²) >= 11 is 1.69. The first-order valence-corrected chi connectivity index (χ1v) is 15.6. The number of carbonyl (C=O) groups is 1. The first-order chi connectivity index (χ1) is 19.3. The van der Waals surface area contributed by atoms with Gasteiger partial charge in [0, 0.05) is 50.5 Å². The molecule has 1 aliphatic rings. The third kappa shape index (κ3) is 7.48. The number of halogens is 1. The molecule has 0 radical (unpaired) electrons. The number of para-hydroxylation sites is 1. The van der Waals surface area contributed by atoms with Gasteiger partial charge >= 0.3 is 0 Å². The van der Waals surface area contributed by atoms with E-state index in [9.17, 15) is 13.2 Å². The van der Waals surface area contributed by atoms with Gasteiger partial charge in [-0.2, -0.15) is 0 Å². The van der Waals surface area contributed by atoms with Crippen LogP contribution in [0.4, 0.5) is 10.8 Å². The molecule has 2 N–H and O–H groups in total. The number of aryl methyl sites for hydroxylation is 1. The fourth-order valence-electron chi connectivity index (χ4n) is 4.53. The highest BCUT2D eigenvalue weighted by Crippen LogP contribution is 2.34. The number of aromatic nitrogens is 1. The summed E-state index contributed by atoms with van der Waals surface area (Å²) in [6.07, 6.45) is 0. The molecule has 0 spiro atoms. The van der Waals surface area contributed by atoms with Crippen LogP contribution < -0.4 is 19.7 Å². The van der Waals surface area contributed by atoms with E-state index in [2.05, 4.69) is 25.9 Å². The Hall–Kier alpha value is -3.38. The summed E-state index contributed by atoms with van der Waals surface area (Å²) in [4.78, 5) is 22.3. The summed E-state index contributed by atoms with van der Waals surface area (Å²) in [5, 5.41) is 3.98. The first-order valence-electron chi connectivity index (χ1n) is 13.3. The number of piperazine rings is 1. The Kier molecular flexibility index (Phi) is 10.1. The predicted octanol–water partition coefficient (Wildman–Crippen LogP) is 4.78. The highest BCUT2D eigenvalue weighted by atomic mass is 35.5. The molecule has 1 fully saturated rings. The van der Waals surface area contributed by atoms with Crippen molar-refractivity contribution in [2.75, 3.05) is 55.5 Å². The van der Waals surface area contributed by atoms with E-state index >= 15 is 0 Å². The monoisotopic (exact) mass is 615 g/mol. The molecule has 5 rings (SSSR count). The number of ether oxygens (including phenoxy) is 1. The van der Waals surface area contributed by atoms with Gasteiger partial charge in [-0.25, -0.2) is 13.4 Å². The molecule has 41 heavy (non-hydrogen) atoms. The summed E-state index contributed by atoms with van der Waals surface area (Å²) in [5.41, 5.74) is 2.78. The van der Waals surface area contributed by atoms with Gasteiger partial charge in [-0.3, -0.25) is 14.4 Å². The maximum absolute atomic E-state index is 12.6. The van der Waals surface area contributed by atoms with Gasteiger partial charge < -0.3 is 15.0 Å². The van der Waals surface area contributed by atoms with Crippen molar-refractivity contribution in [2.24, 2.45) is 0 Å². The molecule has 4 aromatic rings. The Morgan fingerprint density at radius 2 is 1.71 bits per heavy atom. The Morgan fingerprint density at radius 3 is 2.39 bits per heavy atom. The van der Waals surface area contributed by atoms with E-state index in [-0.39, 0.29) is 23.2 Å². The zero-order valence-electron chi connectivity index (χ0n) is 23.0. The van der Waals surface area contributed by atoms with Crippen LogP contribution in [0.2, 0.25) is 0 Å². The van der Waals surface area contributed by atoms with Crippen molar-refractivity contribution in [3.63, 3.8) is 0 Å². The van der Waals surface area contributed by atoms with E-state index in [1.54, 1.807) is 59.9 Å². The minimum atomic E-state index is -3.69. The van der Waals surface area contributed by atoms with E-state index in [0.29, 0.717) is 24.4 Å². The minimum absolute atomic E-state index is 0. The van der Waals surface area contributed by atoms with Crippen LogP contribution in [-0.4, -0.2) is 70.1 Å². The molecule has 1 aliphatic heterocycles. The molecule has 3 aromatic carbocycles. The highest BCUT2D eigenvalue weighted by Gasteiger charge is 2.21. The molecular formula is C29H34ClN5O4S2. The molecule has 0 bridgehead atoms. The van der Waals surface area contributed by atoms with Crippen LogP contribution in [0.1, 0.15) is 22.8 Å². The molecule has 0 aliphatic carbocycles. The van der Waals surface area contributed by atoms with Crippen LogP contribution in [0, 0.1) is 6.92 Å². The van der Waals surface area contributed by atoms with Gasteiger partial charge in [-0.1, -0.05) is 35.1 Å². The maximum Gasteiger partial charge on any atom is 0.261 e. The maximum atomic E-state index is 12.6. The van der Waals surface area contributed by atoms with Crippen LogP contribution in [0.15, 0.2) is 71.6 Å². The average Bonchev–Trinajstić information content (AvgIpc) is 3.39. The molecule has 0 saturated carbocycles. The van der Waals surface area contributed by atoms with Crippen LogP contribution in [-0.2, 0) is 10.0 Å². The normalized spacial score (nSPS) is 14.0. The van der Waals surface area contributed by atoms with Crippen LogP contribution in [0.25, 0.3) is 10.2 Å².